The van der Waals surface area contributed by atoms with Crippen molar-refractivity contribution in [2.75, 3.05) is 6.54 Å². The quantitative estimate of drug-likeness (QED) is 0.252. The molecule has 3 aromatic rings. The standard InChI is InChI=1S/C29H23F12NO/c30-26(31,32)20-9-17(10-21(13-20)27(33,34)35)15-42-8-4-7-24(25(42)19-5-2-1-3-6-19)43-16-18-11-22(28(36,37)38)14-23(12-18)29(39,40)41/h1-3,5-6,9-14,24-25H,4,7-8,15-16H2/t24-,25-/m0/s1. The lowest BCUT2D eigenvalue weighted by Crippen LogP contribution is -2.42. The summed E-state index contributed by atoms with van der Waals surface area (Å²) < 4.78 is 166. The van der Waals surface area contributed by atoms with Gasteiger partial charge in [-0.05, 0) is 72.5 Å². The van der Waals surface area contributed by atoms with E-state index in [1.807, 2.05) is 0 Å². The molecule has 1 aliphatic heterocycles. The molecule has 2 atom stereocenters. The van der Waals surface area contributed by atoms with Gasteiger partial charge in [0.1, 0.15) is 0 Å². The van der Waals surface area contributed by atoms with Crippen molar-refractivity contribution >= 4 is 0 Å². The fourth-order valence-electron chi connectivity index (χ4n) is 5.11. The summed E-state index contributed by atoms with van der Waals surface area (Å²) in [5.41, 5.74) is -6.14. The van der Waals surface area contributed by atoms with Crippen LogP contribution in [-0.2, 0) is 42.6 Å². The van der Waals surface area contributed by atoms with Gasteiger partial charge in [0.25, 0.3) is 0 Å². The van der Waals surface area contributed by atoms with Crippen LogP contribution in [0.15, 0.2) is 66.7 Å². The molecule has 1 aliphatic rings. The van der Waals surface area contributed by atoms with Crippen LogP contribution in [0.25, 0.3) is 0 Å². The minimum Gasteiger partial charge on any atom is -0.372 e. The van der Waals surface area contributed by atoms with Crippen molar-refractivity contribution in [3.8, 4) is 0 Å². The van der Waals surface area contributed by atoms with Crippen LogP contribution < -0.4 is 0 Å². The summed E-state index contributed by atoms with van der Waals surface area (Å²) in [6, 6.07) is 9.73. The van der Waals surface area contributed by atoms with Crippen LogP contribution in [0.4, 0.5) is 52.7 Å². The van der Waals surface area contributed by atoms with E-state index in [1.165, 1.54) is 0 Å². The van der Waals surface area contributed by atoms with E-state index in [-0.39, 0.29) is 37.2 Å². The molecule has 43 heavy (non-hydrogen) atoms. The lowest BCUT2D eigenvalue weighted by molar-refractivity contribution is -0.145. The summed E-state index contributed by atoms with van der Waals surface area (Å²) in [6.07, 6.45) is -20.5. The first kappa shape index (κ1) is 32.6. The highest BCUT2D eigenvalue weighted by atomic mass is 19.4. The van der Waals surface area contributed by atoms with Crippen molar-refractivity contribution in [1.29, 1.82) is 0 Å². The zero-order valence-corrected chi connectivity index (χ0v) is 21.9. The van der Waals surface area contributed by atoms with Gasteiger partial charge in [-0.25, -0.2) is 0 Å². The topological polar surface area (TPSA) is 12.5 Å². The van der Waals surface area contributed by atoms with Crippen LogP contribution in [0.2, 0.25) is 0 Å². The maximum absolute atomic E-state index is 13.4. The van der Waals surface area contributed by atoms with E-state index in [4.69, 9.17) is 4.74 Å². The van der Waals surface area contributed by atoms with Gasteiger partial charge in [-0.15, -0.1) is 0 Å². The summed E-state index contributed by atoms with van der Waals surface area (Å²) in [7, 11) is 0. The Bertz CT molecular complexity index is 1330. The summed E-state index contributed by atoms with van der Waals surface area (Å²) in [4.78, 5) is 1.59. The van der Waals surface area contributed by atoms with E-state index in [0.29, 0.717) is 36.2 Å². The minimum absolute atomic E-state index is 0.0110. The highest BCUT2D eigenvalue weighted by Gasteiger charge is 2.40. The number of benzene rings is 3. The lowest BCUT2D eigenvalue weighted by atomic mass is 9.91. The average Bonchev–Trinajstić information content (AvgIpc) is 2.90. The maximum atomic E-state index is 13.4. The van der Waals surface area contributed by atoms with E-state index in [2.05, 4.69) is 0 Å². The Morgan fingerprint density at radius 3 is 1.49 bits per heavy atom. The van der Waals surface area contributed by atoms with Crippen molar-refractivity contribution in [3.63, 3.8) is 0 Å². The average molecular weight is 629 g/mol. The number of ether oxygens (including phenoxy) is 1. The van der Waals surface area contributed by atoms with Gasteiger partial charge in [-0.1, -0.05) is 30.3 Å². The largest absolute Gasteiger partial charge is 0.416 e. The van der Waals surface area contributed by atoms with Crippen molar-refractivity contribution in [2.24, 2.45) is 0 Å². The third kappa shape index (κ3) is 8.22. The molecule has 0 radical (unpaired) electrons. The van der Waals surface area contributed by atoms with Gasteiger partial charge in [-0.2, -0.15) is 52.7 Å². The van der Waals surface area contributed by atoms with Gasteiger partial charge in [0, 0.05) is 6.54 Å². The van der Waals surface area contributed by atoms with E-state index < -0.39 is 71.3 Å². The van der Waals surface area contributed by atoms with E-state index in [9.17, 15) is 52.7 Å². The highest BCUT2D eigenvalue weighted by molar-refractivity contribution is 5.35. The fourth-order valence-corrected chi connectivity index (χ4v) is 5.11. The predicted octanol–water partition coefficient (Wildman–Crippen LogP) is 9.68. The Labute approximate surface area is 237 Å². The number of halogens is 12. The summed E-state index contributed by atoms with van der Waals surface area (Å²) >= 11 is 0. The molecule has 1 fully saturated rings. The molecule has 3 aromatic carbocycles. The first-order chi connectivity index (χ1) is 19.8. The second kappa shape index (κ2) is 12.0. The lowest BCUT2D eigenvalue weighted by Gasteiger charge is -2.41. The van der Waals surface area contributed by atoms with Crippen LogP contribution in [0, 0.1) is 0 Å². The SMILES string of the molecule is FC(F)(F)c1cc(CO[C@H]2CCCN(Cc3cc(C(F)(F)F)cc(C(F)(F)F)c3)[C@H]2c2ccccc2)cc(C(F)(F)F)c1. The molecule has 0 bridgehead atoms. The van der Waals surface area contributed by atoms with Crippen molar-refractivity contribution in [2.45, 2.75) is 62.8 Å². The molecule has 0 N–H and O–H groups in total. The molecule has 4 rings (SSSR count). The normalized spacial score (nSPS) is 19.1. The molecule has 1 saturated heterocycles. The molecular formula is C29H23F12NO. The van der Waals surface area contributed by atoms with Gasteiger partial charge in [0.05, 0.1) is 41.0 Å². The fraction of sp³-hybridized carbons (Fsp3) is 0.379. The molecule has 0 aromatic heterocycles. The molecule has 234 valence electrons. The number of piperidine rings is 1. The highest BCUT2D eigenvalue weighted by Crippen LogP contribution is 2.40. The summed E-state index contributed by atoms with van der Waals surface area (Å²) in [5, 5.41) is 0. The van der Waals surface area contributed by atoms with E-state index >= 15 is 0 Å². The van der Waals surface area contributed by atoms with Gasteiger partial charge >= 0.3 is 24.7 Å². The zero-order chi connectivity index (χ0) is 31.8. The van der Waals surface area contributed by atoms with Gasteiger partial charge in [0.2, 0.25) is 0 Å². The smallest absolute Gasteiger partial charge is 0.372 e. The van der Waals surface area contributed by atoms with Gasteiger partial charge < -0.3 is 4.74 Å². The number of hydrogen-bond acceptors (Lipinski definition) is 2. The number of likely N-dealkylation sites (tertiary alicyclic amines) is 1. The predicted molar refractivity (Wildman–Crippen MR) is 130 cm³/mol. The molecule has 0 spiro atoms. The second-order valence-electron chi connectivity index (χ2n) is 10.1. The molecule has 0 aliphatic carbocycles. The Hall–Kier alpha value is -3.26. The monoisotopic (exact) mass is 629 g/mol. The number of rotatable bonds is 6. The zero-order valence-electron chi connectivity index (χ0n) is 21.9. The van der Waals surface area contributed by atoms with Crippen LogP contribution >= 0.6 is 0 Å². The first-order valence-corrected chi connectivity index (χ1v) is 12.8. The molecule has 0 saturated carbocycles. The molecule has 14 heteroatoms. The van der Waals surface area contributed by atoms with E-state index in [1.54, 1.807) is 35.2 Å². The van der Waals surface area contributed by atoms with Crippen LogP contribution in [-0.4, -0.2) is 17.5 Å². The Balaban J connectivity index is 1.67. The van der Waals surface area contributed by atoms with Crippen LogP contribution in [0.5, 0.6) is 0 Å². The van der Waals surface area contributed by atoms with Crippen molar-refractivity contribution in [1.82, 2.24) is 4.90 Å². The number of nitrogens with zero attached hydrogens (tertiary/aromatic N) is 1. The van der Waals surface area contributed by atoms with Crippen molar-refractivity contribution < 1.29 is 57.4 Å². The Morgan fingerprint density at radius 2 is 1.05 bits per heavy atom. The third-order valence-corrected chi connectivity index (χ3v) is 6.97. The summed E-state index contributed by atoms with van der Waals surface area (Å²) in [5.74, 6) is 0. The third-order valence-electron chi connectivity index (χ3n) is 6.97. The molecule has 0 amide bonds. The van der Waals surface area contributed by atoms with Crippen LogP contribution in [0.3, 0.4) is 0 Å². The second-order valence-corrected chi connectivity index (χ2v) is 10.1. The molecule has 1 heterocycles. The van der Waals surface area contributed by atoms with Gasteiger partial charge in [0.15, 0.2) is 0 Å². The van der Waals surface area contributed by atoms with Crippen LogP contribution in [0.1, 0.15) is 57.8 Å². The molecule has 0 unspecified atom stereocenters. The maximum Gasteiger partial charge on any atom is 0.416 e. The molecule has 2 nitrogen and oxygen atoms in total. The number of alkyl halides is 12. The van der Waals surface area contributed by atoms with Gasteiger partial charge in [-0.3, -0.25) is 4.90 Å². The Morgan fingerprint density at radius 1 is 0.605 bits per heavy atom. The number of hydrogen-bond donors (Lipinski definition) is 0. The van der Waals surface area contributed by atoms with Crippen molar-refractivity contribution in [3.05, 3.63) is 106 Å². The summed E-state index contributed by atoms with van der Waals surface area (Å²) in [6.45, 7) is -0.802. The Kier molecular flexibility index (Phi) is 9.13. The minimum atomic E-state index is -5.07. The first-order valence-electron chi connectivity index (χ1n) is 12.8. The molecular weight excluding hydrogens is 606 g/mol. The van der Waals surface area contributed by atoms with E-state index in [0.717, 1.165) is 0 Å².